The highest BCUT2D eigenvalue weighted by molar-refractivity contribution is 7.92. The number of benzene rings is 2. The molecule has 1 saturated heterocycles. The predicted molar refractivity (Wildman–Crippen MR) is 110 cm³/mol. The second kappa shape index (κ2) is 8.22. The van der Waals surface area contributed by atoms with Gasteiger partial charge in [-0.3, -0.25) is 9.52 Å². The second-order valence-corrected chi connectivity index (χ2v) is 9.11. The average Bonchev–Trinajstić information content (AvgIpc) is 3.06. The van der Waals surface area contributed by atoms with Gasteiger partial charge in [0.25, 0.3) is 10.0 Å². The second-order valence-electron chi connectivity index (χ2n) is 7.43. The molecule has 0 unspecified atom stereocenters. The molecule has 0 aliphatic carbocycles. The molecule has 1 fully saturated rings. The van der Waals surface area contributed by atoms with Gasteiger partial charge in [-0.1, -0.05) is 13.8 Å². The van der Waals surface area contributed by atoms with Crippen molar-refractivity contribution in [3.63, 3.8) is 0 Å². The van der Waals surface area contributed by atoms with Gasteiger partial charge in [0.1, 0.15) is 5.75 Å². The summed E-state index contributed by atoms with van der Waals surface area (Å²) >= 11 is 0. The SMILES string of the molecule is Cc1cc(NS(=O)(=O)c2ccc(OCC(C)C)cc2)ccc1N1CCCC1=O. The number of amides is 1. The predicted octanol–water partition coefficient (Wildman–Crippen LogP) is 3.96. The smallest absolute Gasteiger partial charge is 0.261 e. The molecule has 1 heterocycles. The maximum absolute atomic E-state index is 12.7. The van der Waals surface area contributed by atoms with Crippen LogP contribution in [0.1, 0.15) is 32.3 Å². The Labute approximate surface area is 166 Å². The van der Waals surface area contributed by atoms with Crippen LogP contribution in [0.5, 0.6) is 5.75 Å². The quantitative estimate of drug-likeness (QED) is 0.761. The van der Waals surface area contributed by atoms with E-state index in [0.717, 1.165) is 17.7 Å². The Bertz CT molecular complexity index is 953. The molecule has 0 aromatic heterocycles. The Morgan fingerprint density at radius 1 is 1.14 bits per heavy atom. The fraction of sp³-hybridized carbons (Fsp3) is 0.381. The van der Waals surface area contributed by atoms with Gasteiger partial charge in [0.15, 0.2) is 0 Å². The van der Waals surface area contributed by atoms with Gasteiger partial charge >= 0.3 is 0 Å². The van der Waals surface area contributed by atoms with E-state index in [9.17, 15) is 13.2 Å². The van der Waals surface area contributed by atoms with Crippen molar-refractivity contribution in [3.8, 4) is 5.75 Å². The standard InChI is InChI=1S/C21H26N2O4S/c1-15(2)14-27-18-7-9-19(10-8-18)28(25,26)22-17-6-11-20(16(3)13-17)23-12-4-5-21(23)24/h6-11,13,15,22H,4-5,12,14H2,1-3H3. The van der Waals surface area contributed by atoms with Crippen LogP contribution in [0, 0.1) is 12.8 Å². The summed E-state index contributed by atoms with van der Waals surface area (Å²) in [5.41, 5.74) is 2.15. The third-order valence-corrected chi connectivity index (χ3v) is 5.93. The number of hydrogen-bond donors (Lipinski definition) is 1. The van der Waals surface area contributed by atoms with Gasteiger partial charge in [-0.05, 0) is 67.3 Å². The Morgan fingerprint density at radius 3 is 2.43 bits per heavy atom. The minimum absolute atomic E-state index is 0.108. The molecule has 28 heavy (non-hydrogen) atoms. The fourth-order valence-corrected chi connectivity index (χ4v) is 4.17. The minimum Gasteiger partial charge on any atom is -0.493 e. The third kappa shape index (κ3) is 4.65. The van der Waals surface area contributed by atoms with E-state index in [4.69, 9.17) is 4.74 Å². The fourth-order valence-electron chi connectivity index (χ4n) is 3.12. The van der Waals surface area contributed by atoms with Crippen molar-refractivity contribution in [2.24, 2.45) is 5.92 Å². The Morgan fingerprint density at radius 2 is 1.86 bits per heavy atom. The lowest BCUT2D eigenvalue weighted by Crippen LogP contribution is -2.24. The van der Waals surface area contributed by atoms with E-state index in [1.165, 1.54) is 12.1 Å². The highest BCUT2D eigenvalue weighted by atomic mass is 32.2. The van der Waals surface area contributed by atoms with E-state index >= 15 is 0 Å². The molecule has 1 amide bonds. The molecule has 150 valence electrons. The number of carbonyl (C=O) groups excluding carboxylic acids is 1. The number of anilines is 2. The number of nitrogens with one attached hydrogen (secondary N) is 1. The van der Waals surface area contributed by atoms with Crippen molar-refractivity contribution < 1.29 is 17.9 Å². The van der Waals surface area contributed by atoms with Crippen LogP contribution in [0.2, 0.25) is 0 Å². The summed E-state index contributed by atoms with van der Waals surface area (Å²) in [7, 11) is -3.71. The Hall–Kier alpha value is -2.54. The normalized spacial score (nSPS) is 14.6. The van der Waals surface area contributed by atoms with Crippen LogP contribution in [0.4, 0.5) is 11.4 Å². The number of nitrogens with zero attached hydrogens (tertiary/aromatic N) is 1. The zero-order valence-corrected chi connectivity index (χ0v) is 17.3. The van der Waals surface area contributed by atoms with E-state index in [1.807, 2.05) is 6.92 Å². The van der Waals surface area contributed by atoms with Gasteiger partial charge in [0.2, 0.25) is 5.91 Å². The maximum Gasteiger partial charge on any atom is 0.261 e. The van der Waals surface area contributed by atoms with Crippen LogP contribution in [0.15, 0.2) is 47.4 Å². The molecular formula is C21H26N2O4S. The number of hydrogen-bond acceptors (Lipinski definition) is 4. The number of ether oxygens (including phenoxy) is 1. The molecule has 0 saturated carbocycles. The molecule has 1 N–H and O–H groups in total. The minimum atomic E-state index is -3.71. The van der Waals surface area contributed by atoms with Crippen molar-refractivity contribution in [3.05, 3.63) is 48.0 Å². The van der Waals surface area contributed by atoms with Crippen molar-refractivity contribution in [2.45, 2.75) is 38.5 Å². The van der Waals surface area contributed by atoms with Crippen LogP contribution < -0.4 is 14.4 Å². The molecule has 2 aromatic rings. The molecule has 0 atom stereocenters. The largest absolute Gasteiger partial charge is 0.493 e. The van der Waals surface area contributed by atoms with Crippen molar-refractivity contribution in [1.29, 1.82) is 0 Å². The Balaban J connectivity index is 1.73. The van der Waals surface area contributed by atoms with Crippen molar-refractivity contribution in [2.75, 3.05) is 22.8 Å². The van der Waals surface area contributed by atoms with E-state index in [1.54, 1.807) is 35.2 Å². The molecule has 1 aliphatic rings. The zero-order chi connectivity index (χ0) is 20.3. The van der Waals surface area contributed by atoms with Crippen LogP contribution in [0.25, 0.3) is 0 Å². The van der Waals surface area contributed by atoms with Gasteiger partial charge in [-0.25, -0.2) is 8.42 Å². The summed E-state index contributed by atoms with van der Waals surface area (Å²) in [5, 5.41) is 0. The summed E-state index contributed by atoms with van der Waals surface area (Å²) in [6.45, 7) is 7.26. The molecule has 0 radical (unpaired) electrons. The molecule has 0 spiro atoms. The molecule has 2 aromatic carbocycles. The van der Waals surface area contributed by atoms with Crippen LogP contribution >= 0.6 is 0 Å². The molecule has 1 aliphatic heterocycles. The molecule has 0 bridgehead atoms. The Kier molecular flexibility index (Phi) is 5.93. The topological polar surface area (TPSA) is 75.7 Å². The molecule has 7 heteroatoms. The molecule has 6 nitrogen and oxygen atoms in total. The van der Waals surface area contributed by atoms with Gasteiger partial charge in [0.05, 0.1) is 11.5 Å². The van der Waals surface area contributed by atoms with E-state index in [0.29, 0.717) is 36.9 Å². The zero-order valence-electron chi connectivity index (χ0n) is 16.4. The number of carbonyl (C=O) groups is 1. The van der Waals surface area contributed by atoms with Gasteiger partial charge in [-0.2, -0.15) is 0 Å². The lowest BCUT2D eigenvalue weighted by Gasteiger charge is -2.19. The number of aryl methyl sites for hydroxylation is 1. The summed E-state index contributed by atoms with van der Waals surface area (Å²) in [6.07, 6.45) is 1.41. The van der Waals surface area contributed by atoms with Crippen LogP contribution in [-0.2, 0) is 14.8 Å². The monoisotopic (exact) mass is 402 g/mol. The van der Waals surface area contributed by atoms with E-state index < -0.39 is 10.0 Å². The maximum atomic E-state index is 12.7. The first-order valence-corrected chi connectivity index (χ1v) is 10.9. The first-order valence-electron chi connectivity index (χ1n) is 9.43. The third-order valence-electron chi connectivity index (χ3n) is 4.53. The van der Waals surface area contributed by atoms with E-state index in [-0.39, 0.29) is 10.8 Å². The lowest BCUT2D eigenvalue weighted by atomic mass is 10.1. The van der Waals surface area contributed by atoms with Crippen LogP contribution in [0.3, 0.4) is 0 Å². The van der Waals surface area contributed by atoms with Gasteiger partial charge in [0, 0.05) is 24.3 Å². The number of sulfonamides is 1. The molecule has 3 rings (SSSR count). The summed E-state index contributed by atoms with van der Waals surface area (Å²) < 4.78 is 33.5. The van der Waals surface area contributed by atoms with E-state index in [2.05, 4.69) is 18.6 Å². The summed E-state index contributed by atoms with van der Waals surface area (Å²) in [6, 6.07) is 11.6. The highest BCUT2D eigenvalue weighted by Gasteiger charge is 2.23. The highest BCUT2D eigenvalue weighted by Crippen LogP contribution is 2.28. The van der Waals surface area contributed by atoms with Gasteiger partial charge in [-0.15, -0.1) is 0 Å². The summed E-state index contributed by atoms with van der Waals surface area (Å²) in [5.74, 6) is 1.14. The van der Waals surface area contributed by atoms with Crippen molar-refractivity contribution >= 4 is 27.3 Å². The number of rotatable bonds is 7. The van der Waals surface area contributed by atoms with Crippen LogP contribution in [-0.4, -0.2) is 27.5 Å². The van der Waals surface area contributed by atoms with Crippen molar-refractivity contribution in [1.82, 2.24) is 0 Å². The first kappa shape index (κ1) is 20.2. The summed E-state index contributed by atoms with van der Waals surface area (Å²) in [4.78, 5) is 13.9. The average molecular weight is 403 g/mol. The first-order chi connectivity index (χ1) is 13.3. The lowest BCUT2D eigenvalue weighted by molar-refractivity contribution is -0.117. The molecular weight excluding hydrogens is 376 g/mol. The van der Waals surface area contributed by atoms with Gasteiger partial charge < -0.3 is 9.64 Å².